The molecule has 0 spiro atoms. The molecule has 0 aliphatic rings. The van der Waals surface area contributed by atoms with Crippen LogP contribution in [0.5, 0.6) is 0 Å². The van der Waals surface area contributed by atoms with Crippen LogP contribution < -0.4 is 5.73 Å². The quantitative estimate of drug-likeness (QED) is 0.945. The molecule has 0 saturated carbocycles. The van der Waals surface area contributed by atoms with Gasteiger partial charge in [0.2, 0.25) is 0 Å². The molecule has 90 valence electrons. The Hall–Kier alpha value is -1.13. The molecule has 0 amide bonds. The van der Waals surface area contributed by atoms with Gasteiger partial charge < -0.3 is 5.73 Å². The molecule has 2 rings (SSSR count). The van der Waals surface area contributed by atoms with Gasteiger partial charge in [0.25, 0.3) is 0 Å². The number of halogens is 1. The molecule has 1 heterocycles. The predicted octanol–water partition coefficient (Wildman–Crippen LogP) is 3.14. The zero-order valence-electron chi connectivity index (χ0n) is 10.0. The smallest absolute Gasteiger partial charge is 0.0828 e. The van der Waals surface area contributed by atoms with Crippen LogP contribution in [0.3, 0.4) is 0 Å². The van der Waals surface area contributed by atoms with E-state index in [2.05, 4.69) is 59.1 Å². The van der Waals surface area contributed by atoms with E-state index in [1.807, 2.05) is 10.9 Å². The maximum Gasteiger partial charge on any atom is 0.0828 e. The van der Waals surface area contributed by atoms with Crippen LogP contribution in [0.2, 0.25) is 0 Å². The summed E-state index contributed by atoms with van der Waals surface area (Å²) in [4.78, 5) is 0. The van der Waals surface area contributed by atoms with E-state index in [1.165, 1.54) is 5.56 Å². The van der Waals surface area contributed by atoms with Crippen LogP contribution in [0.4, 0.5) is 0 Å². The Morgan fingerprint density at radius 1 is 1.47 bits per heavy atom. The summed E-state index contributed by atoms with van der Waals surface area (Å²) in [5.74, 6) is 0. The summed E-state index contributed by atoms with van der Waals surface area (Å²) < 4.78 is 2.97. The van der Waals surface area contributed by atoms with Crippen molar-refractivity contribution < 1.29 is 0 Å². The Labute approximate surface area is 110 Å². The summed E-state index contributed by atoms with van der Waals surface area (Å²) in [6, 6.07) is 8.58. The van der Waals surface area contributed by atoms with Crippen molar-refractivity contribution in [1.29, 1.82) is 0 Å². The molecular weight excluding hydrogens is 278 g/mol. The molecule has 1 unspecified atom stereocenters. The third-order valence-electron chi connectivity index (χ3n) is 2.80. The first-order chi connectivity index (χ1) is 8.13. The van der Waals surface area contributed by atoms with E-state index in [1.54, 1.807) is 0 Å². The summed E-state index contributed by atoms with van der Waals surface area (Å²) in [6.07, 6.45) is 1.82. The van der Waals surface area contributed by atoms with Gasteiger partial charge in [0.1, 0.15) is 0 Å². The second kappa shape index (κ2) is 5.02. The van der Waals surface area contributed by atoms with E-state index in [9.17, 15) is 0 Å². The second-order valence-electron chi connectivity index (χ2n) is 4.24. The molecule has 3 nitrogen and oxygen atoms in total. The lowest BCUT2D eigenvalue weighted by Crippen LogP contribution is -2.18. The van der Waals surface area contributed by atoms with E-state index in [-0.39, 0.29) is 6.04 Å². The molecule has 0 bridgehead atoms. The van der Waals surface area contributed by atoms with Gasteiger partial charge in [0.05, 0.1) is 22.4 Å². The summed E-state index contributed by atoms with van der Waals surface area (Å²) in [5.41, 5.74) is 9.20. The maximum absolute atomic E-state index is 5.71. The van der Waals surface area contributed by atoms with E-state index < -0.39 is 0 Å². The molecule has 2 N–H and O–H groups in total. The van der Waals surface area contributed by atoms with Gasteiger partial charge in [-0.3, -0.25) is 4.68 Å². The van der Waals surface area contributed by atoms with Crippen LogP contribution in [0.25, 0.3) is 11.3 Å². The normalized spacial score (nSPS) is 12.7. The number of nitrogens with two attached hydrogens (primary N) is 1. The van der Waals surface area contributed by atoms with E-state index in [0.717, 1.165) is 15.7 Å². The highest BCUT2D eigenvalue weighted by Gasteiger charge is 2.14. The lowest BCUT2D eigenvalue weighted by atomic mass is 10.1. The molecule has 4 heteroatoms. The molecule has 0 saturated heterocycles. The zero-order chi connectivity index (χ0) is 12.4. The Morgan fingerprint density at radius 2 is 2.24 bits per heavy atom. The van der Waals surface area contributed by atoms with Crippen LogP contribution in [0, 0.1) is 6.92 Å². The average Bonchev–Trinajstić information content (AvgIpc) is 2.70. The zero-order valence-corrected chi connectivity index (χ0v) is 11.6. The first-order valence-corrected chi connectivity index (χ1v) is 6.43. The number of aryl methyl sites for hydroxylation is 1. The lowest BCUT2D eigenvalue weighted by Gasteiger charge is -2.14. The average molecular weight is 294 g/mol. The Morgan fingerprint density at radius 3 is 2.88 bits per heavy atom. The third-order valence-corrected chi connectivity index (χ3v) is 3.38. The highest BCUT2D eigenvalue weighted by Crippen LogP contribution is 2.30. The van der Waals surface area contributed by atoms with Gasteiger partial charge in [-0.2, -0.15) is 5.10 Å². The number of aromatic nitrogens is 2. The Kier molecular flexibility index (Phi) is 3.64. The fourth-order valence-electron chi connectivity index (χ4n) is 1.84. The van der Waals surface area contributed by atoms with Crippen LogP contribution in [0.15, 0.2) is 34.9 Å². The van der Waals surface area contributed by atoms with Crippen molar-refractivity contribution >= 4 is 15.9 Å². The monoisotopic (exact) mass is 293 g/mol. The van der Waals surface area contributed by atoms with Gasteiger partial charge in [-0.05, 0) is 35.8 Å². The molecule has 0 fully saturated rings. The molecule has 1 aromatic carbocycles. The van der Waals surface area contributed by atoms with Gasteiger partial charge in [-0.1, -0.05) is 23.8 Å². The standard InChI is InChI=1S/C13H16BrN3/c1-9-4-3-5-11(6-9)13-12(14)8-16-17(13)10(2)7-15/h3-6,8,10H,7,15H2,1-2H3. The minimum atomic E-state index is 0.191. The van der Waals surface area contributed by atoms with E-state index in [0.29, 0.717) is 6.54 Å². The van der Waals surface area contributed by atoms with Crippen LogP contribution in [-0.4, -0.2) is 16.3 Å². The van der Waals surface area contributed by atoms with Gasteiger partial charge in [-0.15, -0.1) is 0 Å². The molecule has 0 aliphatic heterocycles. The van der Waals surface area contributed by atoms with Crippen molar-refractivity contribution in [2.75, 3.05) is 6.54 Å². The van der Waals surface area contributed by atoms with E-state index >= 15 is 0 Å². The van der Waals surface area contributed by atoms with Crippen molar-refractivity contribution in [2.24, 2.45) is 5.73 Å². The Balaban J connectivity index is 2.54. The number of rotatable bonds is 3. The van der Waals surface area contributed by atoms with Crippen molar-refractivity contribution in [3.8, 4) is 11.3 Å². The number of hydrogen-bond acceptors (Lipinski definition) is 2. The summed E-state index contributed by atoms with van der Waals surface area (Å²) in [5, 5.41) is 4.38. The minimum absolute atomic E-state index is 0.191. The van der Waals surface area contributed by atoms with Crippen molar-refractivity contribution in [3.05, 3.63) is 40.5 Å². The molecule has 17 heavy (non-hydrogen) atoms. The predicted molar refractivity (Wildman–Crippen MR) is 73.9 cm³/mol. The summed E-state index contributed by atoms with van der Waals surface area (Å²) >= 11 is 3.55. The third kappa shape index (κ3) is 2.42. The van der Waals surface area contributed by atoms with Crippen molar-refractivity contribution in [3.63, 3.8) is 0 Å². The highest BCUT2D eigenvalue weighted by atomic mass is 79.9. The van der Waals surface area contributed by atoms with Gasteiger partial charge in [0, 0.05) is 12.1 Å². The molecule has 2 aromatic rings. The van der Waals surface area contributed by atoms with Gasteiger partial charge in [0.15, 0.2) is 0 Å². The Bertz CT molecular complexity index is 519. The van der Waals surface area contributed by atoms with Crippen LogP contribution in [0.1, 0.15) is 18.5 Å². The molecule has 1 atom stereocenters. The second-order valence-corrected chi connectivity index (χ2v) is 5.09. The van der Waals surface area contributed by atoms with Crippen LogP contribution >= 0.6 is 15.9 Å². The van der Waals surface area contributed by atoms with E-state index in [4.69, 9.17) is 5.73 Å². The van der Waals surface area contributed by atoms with Crippen LogP contribution in [-0.2, 0) is 0 Å². The molecule has 0 aliphatic carbocycles. The first kappa shape index (κ1) is 12.3. The van der Waals surface area contributed by atoms with Crippen molar-refractivity contribution in [2.45, 2.75) is 19.9 Å². The SMILES string of the molecule is Cc1cccc(-c2c(Br)cnn2C(C)CN)c1. The molecule has 0 radical (unpaired) electrons. The minimum Gasteiger partial charge on any atom is -0.328 e. The first-order valence-electron chi connectivity index (χ1n) is 5.63. The largest absolute Gasteiger partial charge is 0.328 e. The van der Waals surface area contributed by atoms with Gasteiger partial charge >= 0.3 is 0 Å². The summed E-state index contributed by atoms with van der Waals surface area (Å²) in [6.45, 7) is 4.73. The fourth-order valence-corrected chi connectivity index (χ4v) is 2.34. The highest BCUT2D eigenvalue weighted by molar-refractivity contribution is 9.10. The molecular formula is C13H16BrN3. The lowest BCUT2D eigenvalue weighted by molar-refractivity contribution is 0.506. The molecule has 1 aromatic heterocycles. The van der Waals surface area contributed by atoms with Crippen molar-refractivity contribution in [1.82, 2.24) is 9.78 Å². The topological polar surface area (TPSA) is 43.8 Å². The maximum atomic E-state index is 5.71. The van der Waals surface area contributed by atoms with Gasteiger partial charge in [-0.25, -0.2) is 0 Å². The number of benzene rings is 1. The number of nitrogens with zero attached hydrogens (tertiary/aromatic N) is 2. The number of hydrogen-bond donors (Lipinski definition) is 1. The fraction of sp³-hybridized carbons (Fsp3) is 0.308. The summed E-state index contributed by atoms with van der Waals surface area (Å²) in [7, 11) is 0.